The summed E-state index contributed by atoms with van der Waals surface area (Å²) in [4.78, 5) is 14.9. The van der Waals surface area contributed by atoms with Crippen LogP contribution in [0.3, 0.4) is 0 Å². The Morgan fingerprint density at radius 1 is 1.33 bits per heavy atom. The minimum Gasteiger partial charge on any atom is -0.341 e. The molecule has 116 valence electrons. The third-order valence-electron chi connectivity index (χ3n) is 4.47. The molecule has 0 unspecified atom stereocenters. The minimum absolute atomic E-state index is 0.102. The van der Waals surface area contributed by atoms with Gasteiger partial charge in [-0.25, -0.2) is 0 Å². The molecule has 3 heteroatoms. The van der Waals surface area contributed by atoms with Gasteiger partial charge in [-0.3, -0.25) is 4.79 Å². The molecule has 0 atom stereocenters. The van der Waals surface area contributed by atoms with E-state index in [1.54, 1.807) is 0 Å². The van der Waals surface area contributed by atoms with E-state index in [0.717, 1.165) is 23.7 Å². The maximum absolute atomic E-state index is 13.0. The van der Waals surface area contributed by atoms with E-state index in [9.17, 15) is 4.79 Å². The standard InChI is InChI=1S/C18H26BrNO/c1-14(2)12-18(9-4-5-10-18)17(21)20(3)13-15-7-6-8-16(19)11-15/h6-8,11,14H,4-5,9-10,12-13H2,1-3H3. The summed E-state index contributed by atoms with van der Waals surface area (Å²) in [6, 6.07) is 8.21. The molecule has 0 heterocycles. The first-order chi connectivity index (χ1) is 9.93. The average Bonchev–Trinajstić information content (AvgIpc) is 2.86. The number of benzene rings is 1. The summed E-state index contributed by atoms with van der Waals surface area (Å²) in [5, 5.41) is 0. The second kappa shape index (κ2) is 6.95. The van der Waals surface area contributed by atoms with Gasteiger partial charge in [0.15, 0.2) is 0 Å². The van der Waals surface area contributed by atoms with Crippen LogP contribution in [0.5, 0.6) is 0 Å². The summed E-state index contributed by atoms with van der Waals surface area (Å²) >= 11 is 3.50. The molecule has 0 radical (unpaired) electrons. The van der Waals surface area contributed by atoms with Crippen LogP contribution < -0.4 is 0 Å². The first kappa shape index (κ1) is 16.5. The van der Waals surface area contributed by atoms with E-state index in [1.807, 2.05) is 24.1 Å². The Labute approximate surface area is 137 Å². The van der Waals surface area contributed by atoms with Crippen LogP contribution in [0.2, 0.25) is 0 Å². The van der Waals surface area contributed by atoms with Gasteiger partial charge < -0.3 is 4.90 Å². The highest BCUT2D eigenvalue weighted by Crippen LogP contribution is 2.44. The van der Waals surface area contributed by atoms with Crippen LogP contribution >= 0.6 is 15.9 Å². The van der Waals surface area contributed by atoms with Gasteiger partial charge in [0.05, 0.1) is 0 Å². The van der Waals surface area contributed by atoms with Crippen LogP contribution in [0.15, 0.2) is 28.7 Å². The van der Waals surface area contributed by atoms with Crippen molar-refractivity contribution in [2.45, 2.75) is 52.5 Å². The Bertz CT molecular complexity index is 492. The minimum atomic E-state index is -0.102. The Morgan fingerprint density at radius 3 is 2.57 bits per heavy atom. The first-order valence-corrected chi connectivity index (χ1v) is 8.72. The van der Waals surface area contributed by atoms with Gasteiger partial charge in [-0.1, -0.05) is 54.8 Å². The lowest BCUT2D eigenvalue weighted by Gasteiger charge is -2.34. The third kappa shape index (κ3) is 4.09. The zero-order chi connectivity index (χ0) is 15.5. The molecule has 0 bridgehead atoms. The second-order valence-electron chi connectivity index (χ2n) is 6.88. The van der Waals surface area contributed by atoms with Gasteiger partial charge in [0, 0.05) is 23.5 Å². The van der Waals surface area contributed by atoms with Crippen molar-refractivity contribution in [3.05, 3.63) is 34.3 Å². The predicted octanol–water partition coefficient (Wildman–Crippen LogP) is 5.01. The Hall–Kier alpha value is -0.830. The zero-order valence-electron chi connectivity index (χ0n) is 13.4. The summed E-state index contributed by atoms with van der Waals surface area (Å²) in [5.74, 6) is 0.917. The number of nitrogens with zero attached hydrogens (tertiary/aromatic N) is 1. The van der Waals surface area contributed by atoms with Crippen LogP contribution in [-0.2, 0) is 11.3 Å². The molecule has 1 saturated carbocycles. The lowest BCUT2D eigenvalue weighted by molar-refractivity contribution is -0.142. The van der Waals surface area contributed by atoms with Crippen molar-refractivity contribution in [2.24, 2.45) is 11.3 Å². The first-order valence-electron chi connectivity index (χ1n) is 7.93. The van der Waals surface area contributed by atoms with Crippen LogP contribution in [-0.4, -0.2) is 17.9 Å². The number of halogens is 1. The molecular weight excluding hydrogens is 326 g/mol. The number of rotatable bonds is 5. The summed E-state index contributed by atoms with van der Waals surface area (Å²) in [6.07, 6.45) is 5.54. The molecule has 1 amide bonds. The molecule has 1 aromatic carbocycles. The smallest absolute Gasteiger partial charge is 0.228 e. The van der Waals surface area contributed by atoms with Gasteiger partial charge in [-0.2, -0.15) is 0 Å². The van der Waals surface area contributed by atoms with Crippen molar-refractivity contribution < 1.29 is 4.79 Å². The van der Waals surface area contributed by atoms with E-state index in [1.165, 1.54) is 18.4 Å². The van der Waals surface area contributed by atoms with Gasteiger partial charge in [-0.15, -0.1) is 0 Å². The van der Waals surface area contributed by atoms with Crippen LogP contribution in [0.1, 0.15) is 51.5 Å². The molecule has 1 fully saturated rings. The fourth-order valence-corrected chi connectivity index (χ4v) is 4.17. The number of hydrogen-bond acceptors (Lipinski definition) is 1. The molecule has 1 aliphatic rings. The number of hydrogen-bond donors (Lipinski definition) is 0. The fraction of sp³-hybridized carbons (Fsp3) is 0.611. The third-order valence-corrected chi connectivity index (χ3v) is 4.96. The molecule has 21 heavy (non-hydrogen) atoms. The van der Waals surface area contributed by atoms with Crippen LogP contribution in [0.25, 0.3) is 0 Å². The molecule has 2 nitrogen and oxygen atoms in total. The molecule has 1 aromatic rings. The molecule has 1 aliphatic carbocycles. The lowest BCUT2D eigenvalue weighted by atomic mass is 9.77. The van der Waals surface area contributed by atoms with Crippen molar-refractivity contribution in [3.8, 4) is 0 Å². The predicted molar refractivity (Wildman–Crippen MR) is 91.0 cm³/mol. The Balaban J connectivity index is 2.09. The zero-order valence-corrected chi connectivity index (χ0v) is 14.9. The highest BCUT2D eigenvalue weighted by molar-refractivity contribution is 9.10. The van der Waals surface area contributed by atoms with Gasteiger partial charge in [0.2, 0.25) is 5.91 Å². The fourth-order valence-electron chi connectivity index (χ4n) is 3.72. The van der Waals surface area contributed by atoms with Gasteiger partial charge in [0.1, 0.15) is 0 Å². The van der Waals surface area contributed by atoms with E-state index in [2.05, 4.69) is 41.9 Å². The van der Waals surface area contributed by atoms with E-state index in [-0.39, 0.29) is 5.41 Å². The second-order valence-corrected chi connectivity index (χ2v) is 7.79. The summed E-state index contributed by atoms with van der Waals surface area (Å²) in [7, 11) is 1.95. The topological polar surface area (TPSA) is 20.3 Å². The van der Waals surface area contributed by atoms with Crippen molar-refractivity contribution >= 4 is 21.8 Å². The van der Waals surface area contributed by atoms with Gasteiger partial charge >= 0.3 is 0 Å². The Kier molecular flexibility index (Phi) is 5.48. The van der Waals surface area contributed by atoms with E-state index in [0.29, 0.717) is 18.4 Å². The summed E-state index contributed by atoms with van der Waals surface area (Å²) in [6.45, 7) is 5.14. The number of amides is 1. The van der Waals surface area contributed by atoms with E-state index >= 15 is 0 Å². The summed E-state index contributed by atoms with van der Waals surface area (Å²) in [5.41, 5.74) is 1.08. The maximum Gasteiger partial charge on any atom is 0.228 e. The molecule has 0 saturated heterocycles. The average molecular weight is 352 g/mol. The SMILES string of the molecule is CC(C)CC1(C(=O)N(C)Cc2cccc(Br)c2)CCCC1. The quantitative estimate of drug-likeness (QED) is 0.729. The Morgan fingerprint density at radius 2 is 2.00 bits per heavy atom. The molecule has 0 spiro atoms. The highest BCUT2D eigenvalue weighted by atomic mass is 79.9. The molecular formula is C18H26BrNO. The largest absolute Gasteiger partial charge is 0.341 e. The van der Waals surface area contributed by atoms with Crippen molar-refractivity contribution in [1.29, 1.82) is 0 Å². The summed E-state index contributed by atoms with van der Waals surface area (Å²) < 4.78 is 1.07. The normalized spacial score (nSPS) is 17.2. The van der Waals surface area contributed by atoms with Gasteiger partial charge in [0.25, 0.3) is 0 Å². The van der Waals surface area contributed by atoms with Crippen molar-refractivity contribution in [1.82, 2.24) is 4.90 Å². The molecule has 2 rings (SSSR count). The number of carbonyl (C=O) groups excluding carboxylic acids is 1. The maximum atomic E-state index is 13.0. The molecule has 0 aliphatic heterocycles. The van der Waals surface area contributed by atoms with Gasteiger partial charge in [-0.05, 0) is 42.9 Å². The molecule has 0 N–H and O–H groups in total. The lowest BCUT2D eigenvalue weighted by Crippen LogP contribution is -2.41. The van der Waals surface area contributed by atoms with E-state index < -0.39 is 0 Å². The number of carbonyl (C=O) groups is 1. The van der Waals surface area contributed by atoms with E-state index in [4.69, 9.17) is 0 Å². The van der Waals surface area contributed by atoms with Crippen molar-refractivity contribution in [2.75, 3.05) is 7.05 Å². The van der Waals surface area contributed by atoms with Crippen LogP contribution in [0, 0.1) is 11.3 Å². The monoisotopic (exact) mass is 351 g/mol. The van der Waals surface area contributed by atoms with Crippen LogP contribution in [0.4, 0.5) is 0 Å². The highest BCUT2D eigenvalue weighted by Gasteiger charge is 2.42. The van der Waals surface area contributed by atoms with Crippen molar-refractivity contribution in [3.63, 3.8) is 0 Å². The molecule has 0 aromatic heterocycles.